The fourth-order valence-electron chi connectivity index (χ4n) is 3.07. The van der Waals surface area contributed by atoms with Crippen LogP contribution < -0.4 is 11.3 Å². The smallest absolute Gasteiger partial charge is 0.353 e. The van der Waals surface area contributed by atoms with Gasteiger partial charge in [-0.05, 0) is 55.9 Å². The Hall–Kier alpha value is -1.85. The van der Waals surface area contributed by atoms with Crippen molar-refractivity contribution in [2.24, 2.45) is 5.84 Å². The molecule has 2 rings (SSSR count). The van der Waals surface area contributed by atoms with Crippen LogP contribution in [0.25, 0.3) is 0 Å². The predicted octanol–water partition coefficient (Wildman–Crippen LogP) is 4.12. The van der Waals surface area contributed by atoms with E-state index in [1.165, 1.54) is 0 Å². The van der Waals surface area contributed by atoms with Gasteiger partial charge in [-0.2, -0.15) is 26.3 Å². The van der Waals surface area contributed by atoms with Crippen molar-refractivity contribution >= 4 is 5.91 Å². The maximum Gasteiger partial charge on any atom is 0.416 e. The van der Waals surface area contributed by atoms with Gasteiger partial charge in [-0.15, -0.1) is 0 Å². The van der Waals surface area contributed by atoms with E-state index in [2.05, 4.69) is 0 Å². The lowest BCUT2D eigenvalue weighted by atomic mass is 9.90. The van der Waals surface area contributed by atoms with Gasteiger partial charge in [0.25, 0.3) is 0 Å². The zero-order valence-corrected chi connectivity index (χ0v) is 15.4. The summed E-state index contributed by atoms with van der Waals surface area (Å²) in [5.41, 5.74) is -1.57. The van der Waals surface area contributed by atoms with E-state index < -0.39 is 47.2 Å². The number of nitrogens with one attached hydrogen (secondary N) is 1. The number of carbonyl (C=O) groups is 1. The molecule has 1 aromatic carbocycles. The van der Waals surface area contributed by atoms with Gasteiger partial charge in [-0.3, -0.25) is 10.2 Å². The number of hydrazine groups is 1. The molecule has 1 heterocycles. The van der Waals surface area contributed by atoms with E-state index >= 15 is 0 Å². The molecule has 164 valence electrons. The molecule has 1 amide bonds. The number of rotatable bonds is 7. The van der Waals surface area contributed by atoms with Crippen molar-refractivity contribution in [3.05, 3.63) is 34.9 Å². The first-order valence-electron chi connectivity index (χ1n) is 9.05. The monoisotopic (exact) mass is 428 g/mol. The van der Waals surface area contributed by atoms with E-state index in [0.717, 1.165) is 12.8 Å². The summed E-state index contributed by atoms with van der Waals surface area (Å²) in [4.78, 5) is 12.1. The average molecular weight is 428 g/mol. The molecule has 2 atom stereocenters. The number of nitrogens with two attached hydrogens (primary N) is 1. The minimum absolute atomic E-state index is 0.0183. The highest BCUT2D eigenvalue weighted by molar-refractivity contribution is 5.83. The summed E-state index contributed by atoms with van der Waals surface area (Å²) in [5, 5.41) is 0. The second kappa shape index (κ2) is 9.77. The van der Waals surface area contributed by atoms with Gasteiger partial charge in [0.15, 0.2) is 6.29 Å². The largest absolute Gasteiger partial charge is 0.416 e. The molecule has 0 bridgehead atoms. The van der Waals surface area contributed by atoms with Crippen molar-refractivity contribution in [1.29, 1.82) is 0 Å². The van der Waals surface area contributed by atoms with Gasteiger partial charge in [0, 0.05) is 13.2 Å². The van der Waals surface area contributed by atoms with Gasteiger partial charge >= 0.3 is 12.4 Å². The van der Waals surface area contributed by atoms with E-state index in [1.54, 1.807) is 5.43 Å². The zero-order chi connectivity index (χ0) is 21.7. The Balaban J connectivity index is 2.18. The number of ether oxygens (including phenoxy) is 2. The molecule has 2 unspecified atom stereocenters. The summed E-state index contributed by atoms with van der Waals surface area (Å²) in [7, 11) is 0. The number of alkyl halides is 6. The van der Waals surface area contributed by atoms with Crippen LogP contribution in [-0.2, 0) is 26.6 Å². The predicted molar refractivity (Wildman–Crippen MR) is 90.3 cm³/mol. The summed E-state index contributed by atoms with van der Waals surface area (Å²) in [5.74, 6) is 2.91. The Morgan fingerprint density at radius 1 is 1.14 bits per heavy atom. The summed E-state index contributed by atoms with van der Waals surface area (Å²) < 4.78 is 89.3. The van der Waals surface area contributed by atoms with Crippen LogP contribution in [0.2, 0.25) is 0 Å². The zero-order valence-electron chi connectivity index (χ0n) is 15.4. The van der Waals surface area contributed by atoms with Gasteiger partial charge in [-0.1, -0.05) is 0 Å². The fraction of sp³-hybridized carbons (Fsp3) is 0.611. The SMILES string of the molecule is NNC(=O)C(CCCOC1CCCCO1)c1cc(C(F)(F)F)cc(C(F)(F)F)c1. The van der Waals surface area contributed by atoms with Crippen LogP contribution in [0.3, 0.4) is 0 Å². The maximum absolute atomic E-state index is 13.1. The molecule has 0 aromatic heterocycles. The molecule has 0 radical (unpaired) electrons. The molecular formula is C18H22F6N2O3. The Labute approximate surface area is 163 Å². The topological polar surface area (TPSA) is 73.6 Å². The van der Waals surface area contributed by atoms with E-state index in [9.17, 15) is 31.1 Å². The first-order chi connectivity index (χ1) is 13.5. The lowest BCUT2D eigenvalue weighted by Crippen LogP contribution is -2.35. The van der Waals surface area contributed by atoms with Crippen molar-refractivity contribution < 1.29 is 40.6 Å². The number of carbonyl (C=O) groups excluding carboxylic acids is 1. The number of halogens is 6. The minimum Gasteiger partial charge on any atom is -0.353 e. The minimum atomic E-state index is -5.00. The molecular weight excluding hydrogens is 406 g/mol. The molecule has 1 saturated heterocycles. The van der Waals surface area contributed by atoms with E-state index in [1.807, 2.05) is 0 Å². The van der Waals surface area contributed by atoms with Gasteiger partial charge < -0.3 is 9.47 Å². The van der Waals surface area contributed by atoms with E-state index in [-0.39, 0.29) is 25.5 Å². The summed E-state index contributed by atoms with van der Waals surface area (Å²) in [6, 6.07) is 1.10. The molecule has 5 nitrogen and oxygen atoms in total. The maximum atomic E-state index is 13.1. The molecule has 1 fully saturated rings. The Bertz CT molecular complexity index is 655. The van der Waals surface area contributed by atoms with Crippen molar-refractivity contribution in [2.75, 3.05) is 13.2 Å². The van der Waals surface area contributed by atoms with Crippen LogP contribution in [0.5, 0.6) is 0 Å². The van der Waals surface area contributed by atoms with Crippen LogP contribution in [0.4, 0.5) is 26.3 Å². The van der Waals surface area contributed by atoms with Crippen molar-refractivity contribution in [3.8, 4) is 0 Å². The molecule has 3 N–H and O–H groups in total. The molecule has 1 aliphatic heterocycles. The van der Waals surface area contributed by atoms with Gasteiger partial charge in [0.2, 0.25) is 5.91 Å². The van der Waals surface area contributed by atoms with Crippen LogP contribution in [0.15, 0.2) is 18.2 Å². The van der Waals surface area contributed by atoms with Crippen LogP contribution >= 0.6 is 0 Å². The van der Waals surface area contributed by atoms with E-state index in [0.29, 0.717) is 25.2 Å². The molecule has 11 heteroatoms. The Kier molecular flexibility index (Phi) is 7.89. The molecule has 0 aliphatic carbocycles. The third-order valence-electron chi connectivity index (χ3n) is 4.55. The highest BCUT2D eigenvalue weighted by Gasteiger charge is 2.38. The molecule has 29 heavy (non-hydrogen) atoms. The number of benzene rings is 1. The van der Waals surface area contributed by atoms with Crippen LogP contribution in [0, 0.1) is 0 Å². The highest BCUT2D eigenvalue weighted by atomic mass is 19.4. The van der Waals surface area contributed by atoms with Gasteiger partial charge in [0.05, 0.1) is 17.0 Å². The quantitative estimate of drug-likeness (QED) is 0.225. The summed E-state index contributed by atoms with van der Waals surface area (Å²) in [6.45, 7) is 0.706. The van der Waals surface area contributed by atoms with Gasteiger partial charge in [-0.25, -0.2) is 5.84 Å². The van der Waals surface area contributed by atoms with Crippen molar-refractivity contribution in [1.82, 2.24) is 5.43 Å². The average Bonchev–Trinajstić information content (AvgIpc) is 2.66. The molecule has 1 aliphatic rings. The number of amides is 1. The first kappa shape index (κ1) is 23.4. The summed E-state index contributed by atoms with van der Waals surface area (Å²) in [6.07, 6.45) is -7.65. The molecule has 1 aromatic rings. The molecule has 0 saturated carbocycles. The van der Waals surface area contributed by atoms with Crippen LogP contribution in [-0.4, -0.2) is 25.4 Å². The second-order valence-electron chi connectivity index (χ2n) is 6.71. The number of hydrogen-bond acceptors (Lipinski definition) is 4. The second-order valence-corrected chi connectivity index (χ2v) is 6.71. The Morgan fingerprint density at radius 3 is 2.24 bits per heavy atom. The van der Waals surface area contributed by atoms with Crippen molar-refractivity contribution in [3.63, 3.8) is 0 Å². The Morgan fingerprint density at radius 2 is 1.76 bits per heavy atom. The fourth-order valence-corrected chi connectivity index (χ4v) is 3.07. The van der Waals surface area contributed by atoms with Gasteiger partial charge in [0.1, 0.15) is 0 Å². The lowest BCUT2D eigenvalue weighted by Gasteiger charge is -2.23. The van der Waals surface area contributed by atoms with Crippen molar-refractivity contribution in [2.45, 2.75) is 56.7 Å². The normalized spacial score (nSPS) is 19.1. The highest BCUT2D eigenvalue weighted by Crippen LogP contribution is 2.38. The molecule has 0 spiro atoms. The summed E-state index contributed by atoms with van der Waals surface area (Å²) >= 11 is 0. The standard InChI is InChI=1S/C18H22F6N2O3/c19-17(20,21)12-8-11(9-13(10-12)18(22,23)24)14(16(27)26-25)4-3-7-29-15-5-1-2-6-28-15/h8-10,14-15H,1-7,25H2,(H,26,27). The van der Waals surface area contributed by atoms with E-state index in [4.69, 9.17) is 15.3 Å². The first-order valence-corrected chi connectivity index (χ1v) is 9.05. The lowest BCUT2D eigenvalue weighted by molar-refractivity contribution is -0.163. The number of hydrogen-bond donors (Lipinski definition) is 2. The third kappa shape index (κ3) is 6.86. The van der Waals surface area contributed by atoms with Crippen LogP contribution in [0.1, 0.15) is 54.7 Å². The third-order valence-corrected chi connectivity index (χ3v) is 4.55.